The van der Waals surface area contributed by atoms with E-state index in [1.54, 1.807) is 16.8 Å². The molecule has 0 aliphatic carbocycles. The topological polar surface area (TPSA) is 85.2 Å². The summed E-state index contributed by atoms with van der Waals surface area (Å²) in [7, 11) is 0. The molecule has 0 amide bonds. The molecule has 1 aliphatic heterocycles. The fourth-order valence-electron chi connectivity index (χ4n) is 3.99. The number of nitrogens with zero attached hydrogens (tertiary/aromatic N) is 7. The molecule has 5 rings (SSSR count). The van der Waals surface area contributed by atoms with E-state index in [0.29, 0.717) is 36.0 Å². The molecule has 0 unspecified atom stereocenters. The summed E-state index contributed by atoms with van der Waals surface area (Å²) in [6.45, 7) is 8.18. The van der Waals surface area contributed by atoms with E-state index in [4.69, 9.17) is 4.42 Å². The maximum atomic E-state index is 13.4. The third kappa shape index (κ3) is 4.01. The second-order valence-electron chi connectivity index (χ2n) is 8.03. The zero-order chi connectivity index (χ0) is 22.2. The maximum absolute atomic E-state index is 13.4. The van der Waals surface area contributed by atoms with Crippen molar-refractivity contribution >= 4 is 17.1 Å². The van der Waals surface area contributed by atoms with Gasteiger partial charge < -0.3 is 9.32 Å². The predicted octanol–water partition coefficient (Wildman–Crippen LogP) is 2.15. The van der Waals surface area contributed by atoms with Crippen LogP contribution in [0.3, 0.4) is 0 Å². The standard InChI is InChI=1S/C22H24FN7O2/c1-15-13-16(2)30(25-15)20-5-6-21(31)29(26-20)12-9-27-7-10-28(11-8-27)22-24-18-14-17(23)3-4-19(18)32-22/h3-6,13-14H,7-12H2,1-2H3. The number of hydrogen-bond acceptors (Lipinski definition) is 7. The molecule has 0 saturated carbocycles. The molecule has 0 N–H and O–H groups in total. The van der Waals surface area contributed by atoms with E-state index in [1.165, 1.54) is 22.9 Å². The first-order valence-electron chi connectivity index (χ1n) is 10.6. The van der Waals surface area contributed by atoms with E-state index in [2.05, 4.69) is 25.0 Å². The number of aromatic nitrogens is 5. The van der Waals surface area contributed by atoms with Crippen LogP contribution in [0.4, 0.5) is 10.4 Å². The van der Waals surface area contributed by atoms with Crippen molar-refractivity contribution < 1.29 is 8.81 Å². The van der Waals surface area contributed by atoms with Crippen LogP contribution in [0.5, 0.6) is 0 Å². The lowest BCUT2D eigenvalue weighted by molar-refractivity contribution is 0.239. The SMILES string of the molecule is Cc1cc(C)n(-c2ccc(=O)n(CCN3CCN(c4nc5cc(F)ccc5o4)CC3)n2)n1. The molecule has 0 atom stereocenters. The van der Waals surface area contributed by atoms with Crippen molar-refractivity contribution in [3.05, 3.63) is 64.0 Å². The van der Waals surface area contributed by atoms with Crippen LogP contribution in [-0.2, 0) is 6.54 Å². The number of fused-ring (bicyclic) bond motifs is 1. The first-order valence-corrected chi connectivity index (χ1v) is 10.6. The highest BCUT2D eigenvalue weighted by Gasteiger charge is 2.21. The van der Waals surface area contributed by atoms with Crippen LogP contribution in [0.2, 0.25) is 0 Å². The number of oxazole rings is 1. The molecule has 4 heterocycles. The molecule has 1 fully saturated rings. The van der Waals surface area contributed by atoms with Gasteiger partial charge in [-0.2, -0.15) is 10.1 Å². The zero-order valence-electron chi connectivity index (χ0n) is 18.0. The fraction of sp³-hybridized carbons (Fsp3) is 0.364. The van der Waals surface area contributed by atoms with Gasteiger partial charge in [0.05, 0.1) is 12.2 Å². The Morgan fingerprint density at radius 3 is 2.56 bits per heavy atom. The fourth-order valence-corrected chi connectivity index (χ4v) is 3.99. The Kier molecular flexibility index (Phi) is 5.22. The van der Waals surface area contributed by atoms with Crippen molar-refractivity contribution in [1.82, 2.24) is 29.4 Å². The van der Waals surface area contributed by atoms with Crippen LogP contribution in [0.1, 0.15) is 11.4 Å². The van der Waals surface area contributed by atoms with Crippen molar-refractivity contribution in [1.29, 1.82) is 0 Å². The van der Waals surface area contributed by atoms with Gasteiger partial charge in [0, 0.05) is 50.6 Å². The van der Waals surface area contributed by atoms with Crippen LogP contribution in [0.15, 0.2) is 45.6 Å². The average Bonchev–Trinajstić information content (AvgIpc) is 3.35. The highest BCUT2D eigenvalue weighted by atomic mass is 19.1. The molecule has 4 aromatic rings. The van der Waals surface area contributed by atoms with Gasteiger partial charge in [-0.3, -0.25) is 9.69 Å². The molecule has 3 aromatic heterocycles. The molecular formula is C22H24FN7O2. The van der Waals surface area contributed by atoms with Crippen molar-refractivity contribution in [3.63, 3.8) is 0 Å². The van der Waals surface area contributed by atoms with Gasteiger partial charge in [-0.25, -0.2) is 13.8 Å². The Hall–Kier alpha value is -3.53. The third-order valence-corrected chi connectivity index (χ3v) is 5.69. The van der Waals surface area contributed by atoms with E-state index in [1.807, 2.05) is 19.9 Å². The summed E-state index contributed by atoms with van der Waals surface area (Å²) >= 11 is 0. The zero-order valence-corrected chi connectivity index (χ0v) is 18.0. The van der Waals surface area contributed by atoms with Crippen molar-refractivity contribution in [2.75, 3.05) is 37.6 Å². The van der Waals surface area contributed by atoms with Gasteiger partial charge in [0.15, 0.2) is 11.4 Å². The molecule has 9 nitrogen and oxygen atoms in total. The number of halogens is 1. The van der Waals surface area contributed by atoms with Crippen molar-refractivity contribution in [3.8, 4) is 5.82 Å². The summed E-state index contributed by atoms with van der Waals surface area (Å²) in [5.41, 5.74) is 2.85. The summed E-state index contributed by atoms with van der Waals surface area (Å²) in [6, 6.07) is 10.1. The molecule has 166 valence electrons. The molecule has 0 radical (unpaired) electrons. The molecule has 1 saturated heterocycles. The van der Waals surface area contributed by atoms with E-state index in [0.717, 1.165) is 37.6 Å². The van der Waals surface area contributed by atoms with Crippen LogP contribution < -0.4 is 10.5 Å². The van der Waals surface area contributed by atoms with Crippen molar-refractivity contribution in [2.45, 2.75) is 20.4 Å². The van der Waals surface area contributed by atoms with Gasteiger partial charge in [0.25, 0.3) is 11.6 Å². The van der Waals surface area contributed by atoms with Crippen LogP contribution in [-0.4, -0.2) is 62.2 Å². The summed E-state index contributed by atoms with van der Waals surface area (Å²) in [6.07, 6.45) is 0. The highest BCUT2D eigenvalue weighted by Crippen LogP contribution is 2.23. The lowest BCUT2D eigenvalue weighted by atomic mass is 10.3. The predicted molar refractivity (Wildman–Crippen MR) is 118 cm³/mol. The summed E-state index contributed by atoms with van der Waals surface area (Å²) < 4.78 is 22.4. The molecule has 32 heavy (non-hydrogen) atoms. The normalized spacial score (nSPS) is 15.0. The monoisotopic (exact) mass is 437 g/mol. The minimum absolute atomic E-state index is 0.132. The summed E-state index contributed by atoms with van der Waals surface area (Å²) in [5, 5.41) is 8.95. The summed E-state index contributed by atoms with van der Waals surface area (Å²) in [5.74, 6) is 0.306. The minimum atomic E-state index is -0.326. The first kappa shape index (κ1) is 20.4. The van der Waals surface area contributed by atoms with Gasteiger partial charge in [0.1, 0.15) is 11.3 Å². The molecule has 0 bridgehead atoms. The average molecular weight is 437 g/mol. The van der Waals surface area contributed by atoms with Crippen LogP contribution >= 0.6 is 0 Å². The smallest absolute Gasteiger partial charge is 0.298 e. The highest BCUT2D eigenvalue weighted by molar-refractivity contribution is 5.74. The number of piperazine rings is 1. The lowest BCUT2D eigenvalue weighted by Crippen LogP contribution is -2.47. The Bertz CT molecular complexity index is 1320. The minimum Gasteiger partial charge on any atom is -0.423 e. The number of hydrogen-bond donors (Lipinski definition) is 0. The van der Waals surface area contributed by atoms with Gasteiger partial charge in [-0.05, 0) is 38.1 Å². The Morgan fingerprint density at radius 1 is 1.00 bits per heavy atom. The van der Waals surface area contributed by atoms with Crippen LogP contribution in [0, 0.1) is 19.7 Å². The quantitative estimate of drug-likeness (QED) is 0.473. The summed E-state index contributed by atoms with van der Waals surface area (Å²) in [4.78, 5) is 21.1. The van der Waals surface area contributed by atoms with Crippen LogP contribution in [0.25, 0.3) is 16.9 Å². The van der Waals surface area contributed by atoms with E-state index < -0.39 is 0 Å². The number of aryl methyl sites for hydroxylation is 2. The second-order valence-corrected chi connectivity index (χ2v) is 8.03. The van der Waals surface area contributed by atoms with E-state index in [9.17, 15) is 9.18 Å². The second kappa shape index (κ2) is 8.19. The molecule has 1 aromatic carbocycles. The van der Waals surface area contributed by atoms with Gasteiger partial charge in [0.2, 0.25) is 0 Å². The molecule has 1 aliphatic rings. The lowest BCUT2D eigenvalue weighted by Gasteiger charge is -2.33. The number of rotatable bonds is 5. The first-order chi connectivity index (χ1) is 15.5. The molecule has 10 heteroatoms. The Morgan fingerprint density at radius 2 is 1.81 bits per heavy atom. The van der Waals surface area contributed by atoms with E-state index in [-0.39, 0.29) is 11.4 Å². The number of benzene rings is 1. The largest absolute Gasteiger partial charge is 0.423 e. The number of anilines is 1. The van der Waals surface area contributed by atoms with E-state index >= 15 is 0 Å². The Balaban J connectivity index is 1.22. The van der Waals surface area contributed by atoms with Gasteiger partial charge in [-0.15, -0.1) is 5.10 Å². The molecular weight excluding hydrogens is 413 g/mol. The Labute approximate surface area is 183 Å². The third-order valence-electron chi connectivity index (χ3n) is 5.69. The van der Waals surface area contributed by atoms with Gasteiger partial charge >= 0.3 is 0 Å². The molecule has 0 spiro atoms. The van der Waals surface area contributed by atoms with Gasteiger partial charge in [-0.1, -0.05) is 0 Å². The van der Waals surface area contributed by atoms with Crippen molar-refractivity contribution in [2.24, 2.45) is 0 Å². The maximum Gasteiger partial charge on any atom is 0.298 e.